The first-order valence-corrected chi connectivity index (χ1v) is 5.75. The van der Waals surface area contributed by atoms with Gasteiger partial charge in [-0.2, -0.15) is 0 Å². The van der Waals surface area contributed by atoms with E-state index in [0.717, 1.165) is 32.4 Å². The van der Waals surface area contributed by atoms with Crippen molar-refractivity contribution < 1.29 is 4.79 Å². The van der Waals surface area contributed by atoms with E-state index >= 15 is 0 Å². The molecule has 3 heteroatoms. The second kappa shape index (κ2) is 6.02. The van der Waals surface area contributed by atoms with Gasteiger partial charge in [0.2, 0.25) is 5.91 Å². The molecule has 3 N–H and O–H groups in total. The smallest absolute Gasteiger partial charge is 0.223 e. The number of nitrogens with one attached hydrogen (secondary N) is 1. The van der Waals surface area contributed by atoms with E-state index in [1.54, 1.807) is 0 Å². The largest absolute Gasteiger partial charge is 0.356 e. The molecule has 82 valence electrons. The number of nitrogens with two attached hydrogens (primary N) is 1. The van der Waals surface area contributed by atoms with Gasteiger partial charge in [0.25, 0.3) is 0 Å². The lowest BCUT2D eigenvalue weighted by atomic mass is 10.00. The van der Waals surface area contributed by atoms with Crippen molar-refractivity contribution in [2.45, 2.75) is 39.0 Å². The topological polar surface area (TPSA) is 55.1 Å². The fourth-order valence-electron chi connectivity index (χ4n) is 1.73. The van der Waals surface area contributed by atoms with Crippen molar-refractivity contribution in [3.8, 4) is 0 Å². The summed E-state index contributed by atoms with van der Waals surface area (Å²) < 4.78 is 0. The third kappa shape index (κ3) is 4.09. The molecule has 1 fully saturated rings. The Morgan fingerprint density at radius 2 is 2.21 bits per heavy atom. The third-order valence-electron chi connectivity index (χ3n) is 2.78. The molecule has 0 bridgehead atoms. The van der Waals surface area contributed by atoms with E-state index in [9.17, 15) is 4.79 Å². The SMILES string of the molecule is CCCC(CCN)CNC(=O)C1CC1. The molecule has 0 aromatic rings. The second-order valence-electron chi connectivity index (χ2n) is 4.25. The number of hydrogen-bond acceptors (Lipinski definition) is 2. The van der Waals surface area contributed by atoms with Gasteiger partial charge in [0, 0.05) is 12.5 Å². The molecule has 0 aromatic heterocycles. The van der Waals surface area contributed by atoms with Crippen LogP contribution in [0.1, 0.15) is 39.0 Å². The summed E-state index contributed by atoms with van der Waals surface area (Å²) in [7, 11) is 0. The minimum Gasteiger partial charge on any atom is -0.356 e. The summed E-state index contributed by atoms with van der Waals surface area (Å²) in [6.45, 7) is 3.72. The lowest BCUT2D eigenvalue weighted by Gasteiger charge is -2.15. The zero-order valence-corrected chi connectivity index (χ0v) is 9.09. The predicted octanol–water partition coefficient (Wildman–Crippen LogP) is 1.28. The zero-order chi connectivity index (χ0) is 10.4. The van der Waals surface area contributed by atoms with Crippen molar-refractivity contribution in [1.29, 1.82) is 0 Å². The Hall–Kier alpha value is -0.570. The quantitative estimate of drug-likeness (QED) is 0.647. The van der Waals surface area contributed by atoms with Crippen molar-refractivity contribution in [2.75, 3.05) is 13.1 Å². The lowest BCUT2D eigenvalue weighted by molar-refractivity contribution is -0.122. The number of amides is 1. The van der Waals surface area contributed by atoms with Gasteiger partial charge < -0.3 is 11.1 Å². The minimum atomic E-state index is 0.253. The van der Waals surface area contributed by atoms with Gasteiger partial charge in [-0.25, -0.2) is 0 Å². The normalized spacial score (nSPS) is 17.9. The van der Waals surface area contributed by atoms with Gasteiger partial charge in [-0.05, 0) is 38.1 Å². The Balaban J connectivity index is 2.13. The molecule has 14 heavy (non-hydrogen) atoms. The Morgan fingerprint density at radius 1 is 1.50 bits per heavy atom. The highest BCUT2D eigenvalue weighted by Crippen LogP contribution is 2.28. The molecule has 0 aliphatic heterocycles. The zero-order valence-electron chi connectivity index (χ0n) is 9.09. The van der Waals surface area contributed by atoms with Gasteiger partial charge in [0.05, 0.1) is 0 Å². The average molecular weight is 198 g/mol. The highest BCUT2D eigenvalue weighted by molar-refractivity contribution is 5.80. The van der Waals surface area contributed by atoms with Gasteiger partial charge in [-0.15, -0.1) is 0 Å². The number of carbonyl (C=O) groups excluding carboxylic acids is 1. The summed E-state index contributed by atoms with van der Waals surface area (Å²) in [6.07, 6.45) is 5.53. The highest BCUT2D eigenvalue weighted by Gasteiger charge is 2.29. The summed E-state index contributed by atoms with van der Waals surface area (Å²) in [5.74, 6) is 1.16. The number of hydrogen-bond donors (Lipinski definition) is 2. The van der Waals surface area contributed by atoms with Gasteiger partial charge in [-0.3, -0.25) is 4.79 Å². The first-order chi connectivity index (χ1) is 6.77. The van der Waals surface area contributed by atoms with Crippen molar-refractivity contribution in [3.05, 3.63) is 0 Å². The summed E-state index contributed by atoms with van der Waals surface area (Å²) in [4.78, 5) is 11.4. The van der Waals surface area contributed by atoms with E-state index in [1.165, 1.54) is 12.8 Å². The first kappa shape index (κ1) is 11.5. The van der Waals surface area contributed by atoms with Crippen LogP contribution in [0, 0.1) is 11.8 Å². The molecule has 0 saturated heterocycles. The molecule has 1 amide bonds. The average Bonchev–Trinajstić information content (AvgIpc) is 2.97. The highest BCUT2D eigenvalue weighted by atomic mass is 16.2. The summed E-state index contributed by atoms with van der Waals surface area (Å²) in [5, 5.41) is 3.02. The van der Waals surface area contributed by atoms with Crippen LogP contribution in [-0.4, -0.2) is 19.0 Å². The summed E-state index contributed by atoms with van der Waals surface area (Å²) in [5.41, 5.74) is 5.53. The van der Waals surface area contributed by atoms with E-state index in [0.29, 0.717) is 11.8 Å². The monoisotopic (exact) mass is 198 g/mol. The van der Waals surface area contributed by atoms with Crippen LogP contribution in [0.5, 0.6) is 0 Å². The van der Waals surface area contributed by atoms with Crippen LogP contribution in [0.3, 0.4) is 0 Å². The fourth-order valence-corrected chi connectivity index (χ4v) is 1.73. The third-order valence-corrected chi connectivity index (χ3v) is 2.78. The molecule has 1 unspecified atom stereocenters. The van der Waals surface area contributed by atoms with Crippen LogP contribution in [0.25, 0.3) is 0 Å². The molecule has 1 aliphatic rings. The maximum atomic E-state index is 11.4. The van der Waals surface area contributed by atoms with Crippen LogP contribution in [0.2, 0.25) is 0 Å². The van der Waals surface area contributed by atoms with Gasteiger partial charge in [-0.1, -0.05) is 13.3 Å². The summed E-state index contributed by atoms with van der Waals surface area (Å²) >= 11 is 0. The van der Waals surface area contributed by atoms with Crippen molar-refractivity contribution >= 4 is 5.91 Å². The Morgan fingerprint density at radius 3 is 2.71 bits per heavy atom. The molecule has 1 aliphatic carbocycles. The molecule has 1 saturated carbocycles. The van der Waals surface area contributed by atoms with E-state index in [1.807, 2.05) is 0 Å². The van der Waals surface area contributed by atoms with E-state index in [-0.39, 0.29) is 5.91 Å². The fraction of sp³-hybridized carbons (Fsp3) is 0.909. The molecule has 1 atom stereocenters. The van der Waals surface area contributed by atoms with Crippen LogP contribution in [0.4, 0.5) is 0 Å². The molecule has 3 nitrogen and oxygen atoms in total. The van der Waals surface area contributed by atoms with Crippen molar-refractivity contribution in [3.63, 3.8) is 0 Å². The predicted molar refractivity (Wildman–Crippen MR) is 57.8 cm³/mol. The van der Waals surface area contributed by atoms with E-state index in [2.05, 4.69) is 12.2 Å². The van der Waals surface area contributed by atoms with Crippen LogP contribution < -0.4 is 11.1 Å². The van der Waals surface area contributed by atoms with Gasteiger partial charge >= 0.3 is 0 Å². The molecule has 0 heterocycles. The summed E-state index contributed by atoms with van der Waals surface area (Å²) in [6, 6.07) is 0. The second-order valence-corrected chi connectivity index (χ2v) is 4.25. The number of rotatable bonds is 7. The molecule has 0 radical (unpaired) electrons. The molecular weight excluding hydrogens is 176 g/mol. The van der Waals surface area contributed by atoms with Crippen LogP contribution in [0.15, 0.2) is 0 Å². The van der Waals surface area contributed by atoms with Crippen molar-refractivity contribution in [1.82, 2.24) is 5.32 Å². The van der Waals surface area contributed by atoms with Crippen LogP contribution in [-0.2, 0) is 4.79 Å². The van der Waals surface area contributed by atoms with E-state index in [4.69, 9.17) is 5.73 Å². The van der Waals surface area contributed by atoms with E-state index < -0.39 is 0 Å². The Kier molecular flexibility index (Phi) is 4.94. The number of carbonyl (C=O) groups is 1. The molecule has 1 rings (SSSR count). The Labute approximate surface area is 86.4 Å². The standard InChI is InChI=1S/C11H22N2O/c1-2-3-9(6-7-12)8-13-11(14)10-4-5-10/h9-10H,2-8,12H2,1H3,(H,13,14). The lowest BCUT2D eigenvalue weighted by Crippen LogP contribution is -2.31. The molecule has 0 spiro atoms. The van der Waals surface area contributed by atoms with Crippen molar-refractivity contribution in [2.24, 2.45) is 17.6 Å². The maximum absolute atomic E-state index is 11.4. The van der Waals surface area contributed by atoms with Gasteiger partial charge in [0.15, 0.2) is 0 Å². The molecular formula is C11H22N2O. The molecule has 0 aromatic carbocycles. The maximum Gasteiger partial charge on any atom is 0.223 e. The van der Waals surface area contributed by atoms with Gasteiger partial charge in [0.1, 0.15) is 0 Å². The van der Waals surface area contributed by atoms with Crippen LogP contribution >= 0.6 is 0 Å². The Bertz CT molecular complexity index is 172. The minimum absolute atomic E-state index is 0.253. The first-order valence-electron chi connectivity index (χ1n) is 5.75.